The van der Waals surface area contributed by atoms with Crippen LogP contribution in [0.3, 0.4) is 0 Å². The summed E-state index contributed by atoms with van der Waals surface area (Å²) in [5.41, 5.74) is 1.92. The first-order valence-corrected chi connectivity index (χ1v) is 8.47. The number of benzene rings is 2. The normalized spacial score (nSPS) is 10.4. The Morgan fingerprint density at radius 2 is 1.81 bits per heavy atom. The second kappa shape index (κ2) is 8.84. The molecule has 0 aliphatic heterocycles. The van der Waals surface area contributed by atoms with Crippen molar-refractivity contribution in [1.82, 2.24) is 10.1 Å². The Kier molecular flexibility index (Phi) is 6.04. The molecule has 1 aromatic heterocycles. The van der Waals surface area contributed by atoms with Gasteiger partial charge < -0.3 is 18.7 Å². The molecule has 0 bridgehead atoms. The van der Waals surface area contributed by atoms with Crippen LogP contribution in [0.2, 0.25) is 0 Å². The highest BCUT2D eigenvalue weighted by Crippen LogP contribution is 2.25. The van der Waals surface area contributed by atoms with E-state index in [0.717, 1.165) is 11.1 Å². The topological polar surface area (TPSA) is 83.7 Å². The highest BCUT2D eigenvalue weighted by molar-refractivity contribution is 5.69. The van der Waals surface area contributed by atoms with E-state index in [1.54, 1.807) is 19.2 Å². The van der Waals surface area contributed by atoms with E-state index in [1.807, 2.05) is 43.3 Å². The van der Waals surface area contributed by atoms with Crippen LogP contribution in [0.4, 0.5) is 0 Å². The van der Waals surface area contributed by atoms with Crippen molar-refractivity contribution in [2.75, 3.05) is 13.7 Å². The van der Waals surface area contributed by atoms with Gasteiger partial charge >= 0.3 is 5.97 Å². The van der Waals surface area contributed by atoms with Crippen molar-refractivity contribution in [3.8, 4) is 22.9 Å². The van der Waals surface area contributed by atoms with Crippen LogP contribution in [0, 0.1) is 6.92 Å². The summed E-state index contributed by atoms with van der Waals surface area (Å²) in [6.45, 7) is 2.07. The van der Waals surface area contributed by atoms with E-state index in [4.69, 9.17) is 18.7 Å². The highest BCUT2D eigenvalue weighted by Gasteiger charge is 2.13. The van der Waals surface area contributed by atoms with Crippen molar-refractivity contribution in [2.24, 2.45) is 0 Å². The van der Waals surface area contributed by atoms with Crippen molar-refractivity contribution in [2.45, 2.75) is 20.0 Å². The van der Waals surface area contributed by atoms with Gasteiger partial charge in [-0.05, 0) is 24.6 Å². The Balaban J connectivity index is 1.46. The molecule has 0 unspecified atom stereocenters. The lowest BCUT2D eigenvalue weighted by Gasteiger charge is -2.09. The summed E-state index contributed by atoms with van der Waals surface area (Å²) in [6.07, 6.45) is 0.0941. The fourth-order valence-corrected chi connectivity index (χ4v) is 2.44. The second-order valence-corrected chi connectivity index (χ2v) is 5.74. The minimum absolute atomic E-state index is 0.0770. The first-order chi connectivity index (χ1) is 13.2. The molecule has 7 nitrogen and oxygen atoms in total. The third-order valence-electron chi connectivity index (χ3n) is 3.84. The number of aromatic nitrogens is 2. The van der Waals surface area contributed by atoms with Gasteiger partial charge in [-0.1, -0.05) is 41.6 Å². The van der Waals surface area contributed by atoms with E-state index >= 15 is 0 Å². The largest absolute Gasteiger partial charge is 0.493 e. The maximum atomic E-state index is 11.9. The number of ether oxygens (including phenoxy) is 3. The van der Waals surface area contributed by atoms with Crippen LogP contribution >= 0.6 is 0 Å². The summed E-state index contributed by atoms with van der Waals surface area (Å²) in [6, 6.07) is 14.9. The summed E-state index contributed by atoms with van der Waals surface area (Å²) >= 11 is 0. The Labute approximate surface area is 156 Å². The summed E-state index contributed by atoms with van der Waals surface area (Å²) < 4.78 is 21.0. The molecule has 0 fully saturated rings. The third-order valence-corrected chi connectivity index (χ3v) is 3.84. The molecule has 140 valence electrons. The zero-order valence-electron chi connectivity index (χ0n) is 15.2. The fourth-order valence-electron chi connectivity index (χ4n) is 2.44. The lowest BCUT2D eigenvalue weighted by Crippen LogP contribution is -2.10. The van der Waals surface area contributed by atoms with Crippen LogP contribution < -0.4 is 9.47 Å². The van der Waals surface area contributed by atoms with Crippen molar-refractivity contribution < 1.29 is 23.5 Å². The number of carbonyl (C=O) groups is 1. The van der Waals surface area contributed by atoms with Crippen LogP contribution in [-0.2, 0) is 16.1 Å². The average Bonchev–Trinajstić information content (AvgIpc) is 3.16. The molecular formula is C20H20N2O5. The monoisotopic (exact) mass is 368 g/mol. The molecule has 3 aromatic rings. The summed E-state index contributed by atoms with van der Waals surface area (Å²) in [7, 11) is 1.56. The molecule has 3 rings (SSSR count). The maximum Gasteiger partial charge on any atom is 0.309 e. The number of nitrogens with zero attached hydrogens (tertiary/aromatic N) is 2. The summed E-state index contributed by atoms with van der Waals surface area (Å²) in [5, 5.41) is 3.93. The van der Waals surface area contributed by atoms with Gasteiger partial charge in [0.2, 0.25) is 5.82 Å². The molecule has 0 atom stereocenters. The van der Waals surface area contributed by atoms with E-state index in [1.165, 1.54) is 0 Å². The van der Waals surface area contributed by atoms with Crippen molar-refractivity contribution in [3.63, 3.8) is 0 Å². The number of aryl methyl sites for hydroxylation is 1. The van der Waals surface area contributed by atoms with E-state index < -0.39 is 5.97 Å². The quantitative estimate of drug-likeness (QED) is 0.562. The molecule has 1 heterocycles. The van der Waals surface area contributed by atoms with E-state index in [0.29, 0.717) is 17.3 Å². The fraction of sp³-hybridized carbons (Fsp3) is 0.250. The Morgan fingerprint density at radius 3 is 2.59 bits per heavy atom. The molecule has 2 aromatic carbocycles. The molecule has 27 heavy (non-hydrogen) atoms. The first kappa shape index (κ1) is 18.4. The van der Waals surface area contributed by atoms with Crippen molar-refractivity contribution in [3.05, 3.63) is 60.0 Å². The predicted octanol–water partition coefficient (Wildman–Crippen LogP) is 3.57. The Bertz CT molecular complexity index is 907. The maximum absolute atomic E-state index is 11.9. The molecule has 7 heteroatoms. The van der Waals surface area contributed by atoms with Gasteiger partial charge in [0.25, 0.3) is 5.89 Å². The first-order valence-electron chi connectivity index (χ1n) is 8.47. The molecule has 0 N–H and O–H groups in total. The number of carbonyl (C=O) groups excluding carboxylic acids is 1. The zero-order valence-corrected chi connectivity index (χ0v) is 15.2. The average molecular weight is 368 g/mol. The number of esters is 1. The minimum Gasteiger partial charge on any atom is -0.493 e. The van der Waals surface area contributed by atoms with Crippen LogP contribution in [0.15, 0.2) is 53.1 Å². The van der Waals surface area contributed by atoms with Gasteiger partial charge in [0.05, 0.1) is 20.1 Å². The van der Waals surface area contributed by atoms with Crippen molar-refractivity contribution in [1.29, 1.82) is 0 Å². The number of para-hydroxylation sites is 2. The molecule has 0 saturated heterocycles. The summed E-state index contributed by atoms with van der Waals surface area (Å²) in [5.74, 6) is 1.49. The molecular weight excluding hydrogens is 348 g/mol. The van der Waals surface area contributed by atoms with Gasteiger partial charge in [-0.25, -0.2) is 0 Å². The van der Waals surface area contributed by atoms with E-state index in [9.17, 15) is 4.79 Å². The third kappa shape index (κ3) is 4.84. The van der Waals surface area contributed by atoms with Gasteiger partial charge in [-0.15, -0.1) is 0 Å². The predicted molar refractivity (Wildman–Crippen MR) is 97.4 cm³/mol. The SMILES string of the molecule is COc1ccccc1OCCC(=O)OCc1nc(-c2ccccc2C)no1. The van der Waals surface area contributed by atoms with Gasteiger partial charge in [0, 0.05) is 5.56 Å². The lowest BCUT2D eigenvalue weighted by atomic mass is 10.1. The molecule has 0 radical (unpaired) electrons. The molecule has 0 aliphatic carbocycles. The lowest BCUT2D eigenvalue weighted by molar-refractivity contribution is -0.146. The number of hydrogen-bond acceptors (Lipinski definition) is 7. The van der Waals surface area contributed by atoms with E-state index in [-0.39, 0.29) is 25.5 Å². The van der Waals surface area contributed by atoms with Crippen LogP contribution in [0.1, 0.15) is 17.9 Å². The standard InChI is InChI=1S/C20H20N2O5/c1-14-7-3-4-8-15(14)20-21-18(27-22-20)13-26-19(23)11-12-25-17-10-6-5-9-16(17)24-2/h3-10H,11-13H2,1-2H3. The molecule has 0 aliphatic rings. The van der Waals surface area contributed by atoms with Gasteiger partial charge in [0.15, 0.2) is 18.1 Å². The zero-order chi connectivity index (χ0) is 19.1. The van der Waals surface area contributed by atoms with E-state index in [2.05, 4.69) is 10.1 Å². The number of rotatable bonds is 8. The second-order valence-electron chi connectivity index (χ2n) is 5.74. The van der Waals surface area contributed by atoms with Crippen LogP contribution in [0.25, 0.3) is 11.4 Å². The van der Waals surface area contributed by atoms with Gasteiger partial charge in [0.1, 0.15) is 0 Å². The van der Waals surface area contributed by atoms with Gasteiger partial charge in [-0.2, -0.15) is 4.98 Å². The molecule has 0 saturated carbocycles. The molecule has 0 amide bonds. The minimum atomic E-state index is -0.416. The smallest absolute Gasteiger partial charge is 0.309 e. The Hall–Kier alpha value is -3.35. The van der Waals surface area contributed by atoms with Crippen LogP contribution in [-0.4, -0.2) is 29.8 Å². The van der Waals surface area contributed by atoms with Gasteiger partial charge in [-0.3, -0.25) is 4.79 Å². The summed E-state index contributed by atoms with van der Waals surface area (Å²) in [4.78, 5) is 16.1. The number of hydrogen-bond donors (Lipinski definition) is 0. The van der Waals surface area contributed by atoms with Crippen molar-refractivity contribution >= 4 is 5.97 Å². The van der Waals surface area contributed by atoms with Crippen LogP contribution in [0.5, 0.6) is 11.5 Å². The highest BCUT2D eigenvalue weighted by atomic mass is 16.6. The number of methoxy groups -OCH3 is 1. The molecule has 0 spiro atoms. The Morgan fingerprint density at radius 1 is 1.07 bits per heavy atom.